The summed E-state index contributed by atoms with van der Waals surface area (Å²) in [6.45, 7) is 8.85. The molecule has 32 heavy (non-hydrogen) atoms. The molecule has 168 valence electrons. The molecule has 0 spiro atoms. The zero-order valence-electron chi connectivity index (χ0n) is 19.3. The average molecular weight is 434 g/mol. The highest BCUT2D eigenvalue weighted by molar-refractivity contribution is 6.07. The Morgan fingerprint density at radius 2 is 1.69 bits per heavy atom. The van der Waals surface area contributed by atoms with Gasteiger partial charge in [0, 0.05) is 43.7 Å². The molecule has 2 heterocycles. The van der Waals surface area contributed by atoms with Crippen LogP contribution in [0.15, 0.2) is 48.5 Å². The van der Waals surface area contributed by atoms with E-state index in [1.54, 1.807) is 14.2 Å². The molecular weight excluding hydrogens is 402 g/mol. The summed E-state index contributed by atoms with van der Waals surface area (Å²) in [5.41, 5.74) is 3.12. The van der Waals surface area contributed by atoms with Gasteiger partial charge in [0.25, 0.3) is 5.91 Å². The lowest BCUT2D eigenvalue weighted by atomic mass is 10.0. The molecule has 0 N–H and O–H groups in total. The van der Waals surface area contributed by atoms with E-state index in [9.17, 15) is 4.79 Å². The minimum absolute atomic E-state index is 0.0644. The summed E-state index contributed by atoms with van der Waals surface area (Å²) in [5, 5.41) is 0.881. The largest absolute Gasteiger partial charge is 0.493 e. The molecule has 1 fully saturated rings. The number of nitrogens with zero attached hydrogens (tertiary/aromatic N) is 3. The summed E-state index contributed by atoms with van der Waals surface area (Å²) >= 11 is 0. The van der Waals surface area contributed by atoms with Crippen LogP contribution in [-0.2, 0) is 0 Å². The number of aromatic nitrogens is 1. The summed E-state index contributed by atoms with van der Waals surface area (Å²) in [6, 6.07) is 15.4. The number of fused-ring (bicyclic) bond motifs is 1. The molecule has 0 bridgehead atoms. The molecule has 0 radical (unpaired) electrons. The second kappa shape index (κ2) is 9.57. The smallest absolute Gasteiger partial charge is 0.254 e. The first-order valence-corrected chi connectivity index (χ1v) is 11.1. The third-order valence-electron chi connectivity index (χ3n) is 5.91. The fraction of sp³-hybridized carbons (Fsp3) is 0.385. The van der Waals surface area contributed by atoms with Gasteiger partial charge >= 0.3 is 0 Å². The van der Waals surface area contributed by atoms with Crippen LogP contribution in [-0.4, -0.2) is 67.6 Å². The van der Waals surface area contributed by atoms with Crippen LogP contribution >= 0.6 is 0 Å². The van der Waals surface area contributed by atoms with Crippen molar-refractivity contribution in [1.82, 2.24) is 14.8 Å². The van der Waals surface area contributed by atoms with E-state index in [-0.39, 0.29) is 5.91 Å². The standard InChI is InChI=1S/C26H31N3O3/c1-18(2)17-28-11-13-29(14-12-28)26(30)21-16-23(27-22-8-6-5-7-20(21)22)19-9-10-24(31-3)25(15-19)32-4/h5-10,15-16,18H,11-14,17H2,1-4H3. The van der Waals surface area contributed by atoms with Crippen LogP contribution in [0.25, 0.3) is 22.2 Å². The summed E-state index contributed by atoms with van der Waals surface area (Å²) in [7, 11) is 3.23. The van der Waals surface area contributed by atoms with Gasteiger partial charge in [0.1, 0.15) is 0 Å². The van der Waals surface area contributed by atoms with Crippen molar-refractivity contribution in [3.8, 4) is 22.8 Å². The van der Waals surface area contributed by atoms with E-state index in [1.165, 1.54) is 0 Å². The van der Waals surface area contributed by atoms with Gasteiger partial charge in [0.2, 0.25) is 0 Å². The average Bonchev–Trinajstić information content (AvgIpc) is 2.82. The molecular formula is C26H31N3O3. The molecule has 6 heteroatoms. The summed E-state index contributed by atoms with van der Waals surface area (Å²) < 4.78 is 10.8. The van der Waals surface area contributed by atoms with Crippen LogP contribution in [0, 0.1) is 5.92 Å². The number of ether oxygens (including phenoxy) is 2. The van der Waals surface area contributed by atoms with Crippen LogP contribution in [0.2, 0.25) is 0 Å². The van der Waals surface area contributed by atoms with Crippen molar-refractivity contribution in [1.29, 1.82) is 0 Å². The minimum atomic E-state index is 0.0644. The van der Waals surface area contributed by atoms with E-state index in [0.29, 0.717) is 23.0 Å². The highest BCUT2D eigenvalue weighted by Crippen LogP contribution is 2.33. The Hall–Kier alpha value is -3.12. The number of carbonyl (C=O) groups is 1. The van der Waals surface area contributed by atoms with E-state index in [2.05, 4.69) is 18.7 Å². The molecule has 1 aromatic heterocycles. The SMILES string of the molecule is COc1ccc(-c2cc(C(=O)N3CCN(CC(C)C)CC3)c3ccccc3n2)cc1OC. The summed E-state index contributed by atoms with van der Waals surface area (Å²) in [5.74, 6) is 1.99. The third-order valence-corrected chi connectivity index (χ3v) is 5.91. The lowest BCUT2D eigenvalue weighted by Gasteiger charge is -2.35. The maximum Gasteiger partial charge on any atom is 0.254 e. The minimum Gasteiger partial charge on any atom is -0.493 e. The number of amides is 1. The van der Waals surface area contributed by atoms with Crippen molar-refractivity contribution in [3.63, 3.8) is 0 Å². The van der Waals surface area contributed by atoms with Gasteiger partial charge < -0.3 is 14.4 Å². The lowest BCUT2D eigenvalue weighted by Crippen LogP contribution is -2.49. The second-order valence-electron chi connectivity index (χ2n) is 8.63. The maximum absolute atomic E-state index is 13.6. The predicted molar refractivity (Wildman–Crippen MR) is 127 cm³/mol. The van der Waals surface area contributed by atoms with Crippen molar-refractivity contribution in [2.24, 2.45) is 5.92 Å². The highest BCUT2D eigenvalue weighted by Gasteiger charge is 2.24. The second-order valence-corrected chi connectivity index (χ2v) is 8.63. The zero-order valence-corrected chi connectivity index (χ0v) is 19.3. The van der Waals surface area contributed by atoms with Gasteiger partial charge in [0.05, 0.1) is 31.0 Å². The Balaban J connectivity index is 1.68. The molecule has 3 aromatic rings. The van der Waals surface area contributed by atoms with Gasteiger partial charge in [-0.15, -0.1) is 0 Å². The quantitative estimate of drug-likeness (QED) is 0.579. The molecule has 1 saturated heterocycles. The highest BCUT2D eigenvalue weighted by atomic mass is 16.5. The zero-order chi connectivity index (χ0) is 22.7. The molecule has 0 saturated carbocycles. The van der Waals surface area contributed by atoms with E-state index in [1.807, 2.05) is 53.4 Å². The van der Waals surface area contributed by atoms with Crippen LogP contribution < -0.4 is 9.47 Å². The number of hydrogen-bond acceptors (Lipinski definition) is 5. The molecule has 1 aliphatic heterocycles. The Bertz CT molecular complexity index is 1100. The Kier molecular flexibility index (Phi) is 6.61. The van der Waals surface area contributed by atoms with Crippen molar-refractivity contribution in [2.45, 2.75) is 13.8 Å². The van der Waals surface area contributed by atoms with Crippen LogP contribution in [0.4, 0.5) is 0 Å². The monoisotopic (exact) mass is 433 g/mol. The normalized spacial score (nSPS) is 14.7. The predicted octanol–water partition coefficient (Wildman–Crippen LogP) is 4.33. The van der Waals surface area contributed by atoms with E-state index in [4.69, 9.17) is 14.5 Å². The van der Waals surface area contributed by atoms with Gasteiger partial charge in [-0.3, -0.25) is 9.69 Å². The number of benzene rings is 2. The molecule has 0 atom stereocenters. The van der Waals surface area contributed by atoms with Gasteiger partial charge in [-0.25, -0.2) is 4.98 Å². The number of piperazine rings is 1. The van der Waals surface area contributed by atoms with Crippen molar-refractivity contribution in [3.05, 3.63) is 54.1 Å². The van der Waals surface area contributed by atoms with E-state index >= 15 is 0 Å². The molecule has 1 amide bonds. The number of para-hydroxylation sites is 1. The lowest BCUT2D eigenvalue weighted by molar-refractivity contribution is 0.0625. The van der Waals surface area contributed by atoms with Crippen LogP contribution in [0.1, 0.15) is 24.2 Å². The fourth-order valence-corrected chi connectivity index (χ4v) is 4.32. The van der Waals surface area contributed by atoms with Gasteiger partial charge in [0.15, 0.2) is 11.5 Å². The molecule has 1 aliphatic rings. The van der Waals surface area contributed by atoms with Crippen molar-refractivity contribution >= 4 is 16.8 Å². The molecule has 4 rings (SSSR count). The van der Waals surface area contributed by atoms with Gasteiger partial charge in [-0.1, -0.05) is 32.0 Å². The fourth-order valence-electron chi connectivity index (χ4n) is 4.32. The van der Waals surface area contributed by atoms with Gasteiger partial charge in [-0.2, -0.15) is 0 Å². The first-order valence-electron chi connectivity index (χ1n) is 11.1. The number of carbonyl (C=O) groups excluding carboxylic acids is 1. The first kappa shape index (κ1) is 22.1. The van der Waals surface area contributed by atoms with Crippen LogP contribution in [0.3, 0.4) is 0 Å². The van der Waals surface area contributed by atoms with Gasteiger partial charge in [-0.05, 0) is 36.2 Å². The first-order chi connectivity index (χ1) is 15.5. The number of pyridine rings is 1. The molecule has 0 aliphatic carbocycles. The molecule has 2 aromatic carbocycles. The number of methoxy groups -OCH3 is 2. The number of rotatable bonds is 6. The summed E-state index contributed by atoms with van der Waals surface area (Å²) in [4.78, 5) is 22.8. The Morgan fingerprint density at radius 3 is 2.38 bits per heavy atom. The third kappa shape index (κ3) is 4.55. The molecule has 6 nitrogen and oxygen atoms in total. The molecule has 0 unspecified atom stereocenters. The van der Waals surface area contributed by atoms with Crippen LogP contribution in [0.5, 0.6) is 11.5 Å². The van der Waals surface area contributed by atoms with E-state index < -0.39 is 0 Å². The van der Waals surface area contributed by atoms with Crippen molar-refractivity contribution in [2.75, 3.05) is 46.9 Å². The Labute approximate surface area is 189 Å². The number of hydrogen-bond donors (Lipinski definition) is 0. The van der Waals surface area contributed by atoms with Crippen molar-refractivity contribution < 1.29 is 14.3 Å². The summed E-state index contributed by atoms with van der Waals surface area (Å²) in [6.07, 6.45) is 0. The maximum atomic E-state index is 13.6. The Morgan fingerprint density at radius 1 is 0.969 bits per heavy atom. The van der Waals surface area contributed by atoms with E-state index in [0.717, 1.165) is 54.9 Å². The topological polar surface area (TPSA) is 54.9 Å².